The molecule has 1 aromatic rings. The highest BCUT2D eigenvalue weighted by Crippen LogP contribution is 2.50. The van der Waals surface area contributed by atoms with Gasteiger partial charge < -0.3 is 5.11 Å². The standard InChI is InChI=1S/C10H7ClF2O2/c11-6-4-8(13)7(12)3-5(6)10(1-2-10)9(14)15/h3-4H,1-2H2,(H,14,15). The number of hydrogen-bond donors (Lipinski definition) is 1. The molecule has 1 fully saturated rings. The molecule has 1 N–H and O–H groups in total. The fourth-order valence-electron chi connectivity index (χ4n) is 1.61. The summed E-state index contributed by atoms with van der Waals surface area (Å²) < 4.78 is 25.7. The van der Waals surface area contributed by atoms with Crippen molar-refractivity contribution < 1.29 is 18.7 Å². The molecule has 2 rings (SSSR count). The van der Waals surface area contributed by atoms with Gasteiger partial charge in [-0.1, -0.05) is 11.6 Å². The maximum atomic E-state index is 13.0. The number of carboxylic acids is 1. The van der Waals surface area contributed by atoms with Crippen molar-refractivity contribution >= 4 is 17.6 Å². The molecule has 0 aliphatic heterocycles. The van der Waals surface area contributed by atoms with Crippen LogP contribution >= 0.6 is 11.6 Å². The van der Waals surface area contributed by atoms with Gasteiger partial charge in [-0.2, -0.15) is 0 Å². The minimum Gasteiger partial charge on any atom is -0.481 e. The molecule has 0 amide bonds. The Morgan fingerprint density at radius 2 is 1.87 bits per heavy atom. The molecule has 80 valence electrons. The van der Waals surface area contributed by atoms with E-state index in [1.807, 2.05) is 0 Å². The lowest BCUT2D eigenvalue weighted by molar-refractivity contribution is -0.140. The van der Waals surface area contributed by atoms with Crippen molar-refractivity contribution in [1.29, 1.82) is 0 Å². The molecule has 0 radical (unpaired) electrons. The molecule has 0 spiro atoms. The minimum absolute atomic E-state index is 0.0335. The third-order valence-corrected chi connectivity index (χ3v) is 3.00. The number of carboxylic acid groups (broad SMARTS) is 1. The van der Waals surface area contributed by atoms with Crippen LogP contribution in [0, 0.1) is 11.6 Å². The summed E-state index contributed by atoms with van der Waals surface area (Å²) in [6.45, 7) is 0. The van der Waals surface area contributed by atoms with Crippen molar-refractivity contribution in [3.05, 3.63) is 34.4 Å². The smallest absolute Gasteiger partial charge is 0.314 e. The maximum Gasteiger partial charge on any atom is 0.314 e. The topological polar surface area (TPSA) is 37.3 Å². The molecule has 1 aromatic carbocycles. The SMILES string of the molecule is O=C(O)C1(c2cc(F)c(F)cc2Cl)CC1. The molecule has 2 nitrogen and oxygen atoms in total. The quantitative estimate of drug-likeness (QED) is 0.796. The van der Waals surface area contributed by atoms with Gasteiger partial charge in [-0.25, -0.2) is 8.78 Å². The molecule has 0 heterocycles. The summed E-state index contributed by atoms with van der Waals surface area (Å²) >= 11 is 5.70. The van der Waals surface area contributed by atoms with Crippen LogP contribution in [0.1, 0.15) is 18.4 Å². The number of halogens is 3. The summed E-state index contributed by atoms with van der Waals surface area (Å²) in [4.78, 5) is 11.0. The average Bonchev–Trinajstić information content (AvgIpc) is 2.92. The van der Waals surface area contributed by atoms with Gasteiger partial charge in [0.2, 0.25) is 0 Å². The molecule has 0 bridgehead atoms. The van der Waals surface area contributed by atoms with Crippen LogP contribution in [0.5, 0.6) is 0 Å². The molecule has 0 atom stereocenters. The van der Waals surface area contributed by atoms with Gasteiger partial charge in [-0.15, -0.1) is 0 Å². The number of carbonyl (C=O) groups is 1. The van der Waals surface area contributed by atoms with Crippen LogP contribution in [0.2, 0.25) is 5.02 Å². The van der Waals surface area contributed by atoms with Gasteiger partial charge in [-0.3, -0.25) is 4.79 Å². The zero-order chi connectivity index (χ0) is 11.2. The van der Waals surface area contributed by atoms with Crippen molar-refractivity contribution in [3.8, 4) is 0 Å². The third kappa shape index (κ3) is 1.49. The number of benzene rings is 1. The Morgan fingerprint density at radius 1 is 1.33 bits per heavy atom. The maximum absolute atomic E-state index is 13.0. The fraction of sp³-hybridized carbons (Fsp3) is 0.300. The molecule has 5 heteroatoms. The Bertz CT molecular complexity index is 441. The second-order valence-corrected chi connectivity index (χ2v) is 4.04. The fourth-order valence-corrected chi connectivity index (χ4v) is 1.94. The molecule has 15 heavy (non-hydrogen) atoms. The summed E-state index contributed by atoms with van der Waals surface area (Å²) in [5.74, 6) is -3.18. The van der Waals surface area contributed by atoms with Gasteiger partial charge in [-0.05, 0) is 30.5 Å². The van der Waals surface area contributed by atoms with E-state index in [0.717, 1.165) is 12.1 Å². The Labute approximate surface area is 89.5 Å². The van der Waals surface area contributed by atoms with Gasteiger partial charge in [0, 0.05) is 5.02 Å². The first-order valence-corrected chi connectivity index (χ1v) is 4.73. The van der Waals surface area contributed by atoms with Crippen LogP contribution in [-0.2, 0) is 10.2 Å². The van der Waals surface area contributed by atoms with E-state index in [-0.39, 0.29) is 10.6 Å². The second kappa shape index (κ2) is 3.17. The minimum atomic E-state index is -1.11. The first-order chi connectivity index (χ1) is 6.97. The van der Waals surface area contributed by atoms with Crippen molar-refractivity contribution in [2.24, 2.45) is 0 Å². The van der Waals surface area contributed by atoms with Gasteiger partial charge >= 0.3 is 5.97 Å². The summed E-state index contributed by atoms with van der Waals surface area (Å²) in [6, 6.07) is 1.69. The van der Waals surface area contributed by atoms with E-state index in [9.17, 15) is 13.6 Å². The van der Waals surface area contributed by atoms with Crippen LogP contribution in [0.3, 0.4) is 0 Å². The Morgan fingerprint density at radius 3 is 2.33 bits per heavy atom. The van der Waals surface area contributed by atoms with Crippen molar-refractivity contribution in [1.82, 2.24) is 0 Å². The average molecular weight is 233 g/mol. The summed E-state index contributed by atoms with van der Waals surface area (Å²) in [5, 5.41) is 8.93. The molecule has 0 saturated heterocycles. The number of hydrogen-bond acceptors (Lipinski definition) is 1. The lowest BCUT2D eigenvalue weighted by Crippen LogP contribution is -2.20. The van der Waals surface area contributed by atoms with E-state index in [2.05, 4.69) is 0 Å². The normalized spacial score (nSPS) is 17.5. The highest BCUT2D eigenvalue weighted by Gasteiger charge is 2.53. The molecular formula is C10H7ClF2O2. The van der Waals surface area contributed by atoms with Crippen molar-refractivity contribution in [2.75, 3.05) is 0 Å². The largest absolute Gasteiger partial charge is 0.481 e. The second-order valence-electron chi connectivity index (χ2n) is 3.63. The van der Waals surface area contributed by atoms with Gasteiger partial charge in [0.1, 0.15) is 0 Å². The first-order valence-electron chi connectivity index (χ1n) is 4.36. The molecule has 0 unspecified atom stereocenters. The van der Waals surface area contributed by atoms with E-state index in [0.29, 0.717) is 12.8 Å². The third-order valence-electron chi connectivity index (χ3n) is 2.68. The van der Waals surface area contributed by atoms with Crippen LogP contribution in [0.25, 0.3) is 0 Å². The Kier molecular flexibility index (Phi) is 2.19. The number of rotatable bonds is 2. The zero-order valence-electron chi connectivity index (χ0n) is 7.56. The van der Waals surface area contributed by atoms with Crippen molar-refractivity contribution in [2.45, 2.75) is 18.3 Å². The van der Waals surface area contributed by atoms with Crippen molar-refractivity contribution in [3.63, 3.8) is 0 Å². The zero-order valence-corrected chi connectivity index (χ0v) is 8.31. The Hall–Kier alpha value is -1.16. The van der Waals surface area contributed by atoms with E-state index in [4.69, 9.17) is 16.7 Å². The molecule has 1 aliphatic rings. The van der Waals surface area contributed by atoms with Gasteiger partial charge in [0.05, 0.1) is 5.41 Å². The van der Waals surface area contributed by atoms with Gasteiger partial charge in [0.25, 0.3) is 0 Å². The highest BCUT2D eigenvalue weighted by molar-refractivity contribution is 6.31. The lowest BCUT2D eigenvalue weighted by Gasteiger charge is -2.12. The van der Waals surface area contributed by atoms with E-state index < -0.39 is 23.0 Å². The molecule has 1 aliphatic carbocycles. The van der Waals surface area contributed by atoms with Crippen LogP contribution < -0.4 is 0 Å². The predicted molar refractivity (Wildman–Crippen MR) is 49.9 cm³/mol. The van der Waals surface area contributed by atoms with Gasteiger partial charge in [0.15, 0.2) is 11.6 Å². The van der Waals surface area contributed by atoms with E-state index in [1.165, 1.54) is 0 Å². The summed E-state index contributed by atoms with van der Waals surface area (Å²) in [7, 11) is 0. The highest BCUT2D eigenvalue weighted by atomic mass is 35.5. The summed E-state index contributed by atoms with van der Waals surface area (Å²) in [6.07, 6.45) is 0.820. The Balaban J connectivity index is 2.54. The number of aliphatic carboxylic acids is 1. The predicted octanol–water partition coefficient (Wildman–Crippen LogP) is 2.73. The molecule has 0 aromatic heterocycles. The van der Waals surface area contributed by atoms with E-state index in [1.54, 1.807) is 0 Å². The first kappa shape index (κ1) is 10.4. The molecule has 1 saturated carbocycles. The van der Waals surface area contributed by atoms with Crippen LogP contribution in [0.4, 0.5) is 8.78 Å². The van der Waals surface area contributed by atoms with Crippen LogP contribution in [0.15, 0.2) is 12.1 Å². The lowest BCUT2D eigenvalue weighted by atomic mass is 9.96. The summed E-state index contributed by atoms with van der Waals surface area (Å²) in [5.41, 5.74) is -0.943. The monoisotopic (exact) mass is 232 g/mol. The van der Waals surface area contributed by atoms with Crippen LogP contribution in [-0.4, -0.2) is 11.1 Å². The van der Waals surface area contributed by atoms with E-state index >= 15 is 0 Å². The molecular weight excluding hydrogens is 226 g/mol.